The van der Waals surface area contributed by atoms with Crippen LogP contribution >= 0.6 is 0 Å². The average Bonchev–Trinajstić information content (AvgIpc) is 3.23. The molecule has 2 fully saturated rings. The summed E-state index contributed by atoms with van der Waals surface area (Å²) in [5.74, 6) is 0.489. The van der Waals surface area contributed by atoms with Crippen LogP contribution in [0.4, 0.5) is 0 Å². The summed E-state index contributed by atoms with van der Waals surface area (Å²) < 4.78 is 0. The number of benzene rings is 2. The molecule has 0 bridgehead atoms. The second-order valence-corrected chi connectivity index (χ2v) is 7.37. The van der Waals surface area contributed by atoms with Gasteiger partial charge < -0.3 is 10.2 Å². The predicted octanol–water partition coefficient (Wildman–Crippen LogP) is 3.20. The van der Waals surface area contributed by atoms with Gasteiger partial charge in [0.05, 0.1) is 5.92 Å². The highest BCUT2D eigenvalue weighted by molar-refractivity contribution is 5.80. The molecule has 0 unspecified atom stereocenters. The molecule has 0 aromatic heterocycles. The van der Waals surface area contributed by atoms with Crippen molar-refractivity contribution in [2.75, 3.05) is 26.2 Å². The lowest BCUT2D eigenvalue weighted by molar-refractivity contribution is -0.136. The summed E-state index contributed by atoms with van der Waals surface area (Å²) in [6, 6.07) is 21.5. The minimum Gasteiger partial charge on any atom is -0.341 e. The highest BCUT2D eigenvalue weighted by atomic mass is 16.2. The standard InChI is InChI=1S/C22H26N2O/c25-21(18-12-14-23-16-18)24-15-7-13-22(17-24,19-8-3-1-4-9-19)20-10-5-2-6-11-20/h1-6,8-11,18,23H,7,12-17H2/t18-/m0/s1. The fraction of sp³-hybridized carbons (Fsp3) is 0.409. The SMILES string of the molecule is O=C([C@H]1CCNC1)N1CCCC(c2ccccc2)(c2ccccc2)C1. The average molecular weight is 334 g/mol. The third-order valence-corrected chi connectivity index (χ3v) is 5.87. The molecular weight excluding hydrogens is 308 g/mol. The molecule has 0 aliphatic carbocycles. The summed E-state index contributed by atoms with van der Waals surface area (Å²) in [7, 11) is 0. The van der Waals surface area contributed by atoms with Gasteiger partial charge in [-0.05, 0) is 36.9 Å². The van der Waals surface area contributed by atoms with Gasteiger partial charge in [-0.3, -0.25) is 4.79 Å². The van der Waals surface area contributed by atoms with Crippen LogP contribution in [0.15, 0.2) is 60.7 Å². The van der Waals surface area contributed by atoms with E-state index in [1.165, 1.54) is 11.1 Å². The minimum absolute atomic E-state index is 0.0948. The Morgan fingerprint density at radius 1 is 1.00 bits per heavy atom. The molecule has 0 radical (unpaired) electrons. The minimum atomic E-state index is -0.0948. The Hall–Kier alpha value is -2.13. The van der Waals surface area contributed by atoms with Crippen LogP contribution in [0, 0.1) is 5.92 Å². The zero-order valence-corrected chi connectivity index (χ0v) is 14.7. The monoisotopic (exact) mass is 334 g/mol. The Balaban J connectivity index is 1.70. The van der Waals surface area contributed by atoms with E-state index in [0.717, 1.165) is 45.4 Å². The largest absolute Gasteiger partial charge is 0.341 e. The number of carbonyl (C=O) groups excluding carboxylic acids is 1. The van der Waals surface area contributed by atoms with Gasteiger partial charge in [0, 0.05) is 25.0 Å². The van der Waals surface area contributed by atoms with E-state index >= 15 is 0 Å². The topological polar surface area (TPSA) is 32.3 Å². The molecule has 130 valence electrons. The first-order valence-electron chi connectivity index (χ1n) is 9.40. The molecule has 1 atom stereocenters. The van der Waals surface area contributed by atoms with Gasteiger partial charge in [-0.15, -0.1) is 0 Å². The number of nitrogens with zero attached hydrogens (tertiary/aromatic N) is 1. The lowest BCUT2D eigenvalue weighted by atomic mass is 9.69. The van der Waals surface area contributed by atoms with Gasteiger partial charge in [0.1, 0.15) is 0 Å². The van der Waals surface area contributed by atoms with Gasteiger partial charge in [-0.2, -0.15) is 0 Å². The van der Waals surface area contributed by atoms with Gasteiger partial charge >= 0.3 is 0 Å². The van der Waals surface area contributed by atoms with E-state index in [4.69, 9.17) is 0 Å². The molecule has 1 amide bonds. The molecule has 0 spiro atoms. The number of hydrogen-bond donors (Lipinski definition) is 1. The molecule has 2 saturated heterocycles. The van der Waals surface area contributed by atoms with Crippen molar-refractivity contribution in [2.45, 2.75) is 24.7 Å². The van der Waals surface area contributed by atoms with Crippen molar-refractivity contribution >= 4 is 5.91 Å². The van der Waals surface area contributed by atoms with Crippen LogP contribution in [-0.4, -0.2) is 37.0 Å². The quantitative estimate of drug-likeness (QED) is 0.935. The van der Waals surface area contributed by atoms with Crippen LogP contribution < -0.4 is 5.32 Å². The first-order chi connectivity index (χ1) is 12.3. The van der Waals surface area contributed by atoms with Crippen molar-refractivity contribution in [2.24, 2.45) is 5.92 Å². The molecule has 2 aromatic rings. The van der Waals surface area contributed by atoms with Gasteiger partial charge in [0.15, 0.2) is 0 Å². The second kappa shape index (κ2) is 7.01. The van der Waals surface area contributed by atoms with Crippen molar-refractivity contribution in [3.63, 3.8) is 0 Å². The van der Waals surface area contributed by atoms with E-state index in [1.54, 1.807) is 0 Å². The lowest BCUT2D eigenvalue weighted by Gasteiger charge is -2.44. The van der Waals surface area contributed by atoms with Gasteiger partial charge in [-0.25, -0.2) is 0 Å². The molecule has 1 N–H and O–H groups in total. The summed E-state index contributed by atoms with van der Waals surface area (Å²) in [5.41, 5.74) is 2.55. The van der Waals surface area contributed by atoms with Crippen molar-refractivity contribution in [3.8, 4) is 0 Å². The maximum atomic E-state index is 13.0. The summed E-state index contributed by atoms with van der Waals surface area (Å²) in [6.45, 7) is 3.47. The zero-order chi connectivity index (χ0) is 17.1. The van der Waals surface area contributed by atoms with E-state index in [2.05, 4.69) is 70.9 Å². The number of nitrogens with one attached hydrogen (secondary N) is 1. The number of amides is 1. The molecule has 2 heterocycles. The highest BCUT2D eigenvalue weighted by Gasteiger charge is 2.41. The number of likely N-dealkylation sites (tertiary alicyclic amines) is 1. The molecule has 2 aromatic carbocycles. The fourth-order valence-corrected chi connectivity index (χ4v) is 4.52. The molecule has 2 aliphatic heterocycles. The Labute approximate surface area is 150 Å². The highest BCUT2D eigenvalue weighted by Crippen LogP contribution is 2.40. The van der Waals surface area contributed by atoms with Gasteiger partial charge in [0.2, 0.25) is 5.91 Å². The normalized spacial score (nSPS) is 22.7. The first-order valence-corrected chi connectivity index (χ1v) is 9.40. The van der Waals surface area contributed by atoms with Crippen molar-refractivity contribution in [1.82, 2.24) is 10.2 Å². The molecule has 4 rings (SSSR count). The third-order valence-electron chi connectivity index (χ3n) is 5.87. The summed E-state index contributed by atoms with van der Waals surface area (Å²) in [4.78, 5) is 15.2. The number of hydrogen-bond acceptors (Lipinski definition) is 2. The summed E-state index contributed by atoms with van der Waals surface area (Å²) in [6.07, 6.45) is 3.11. The number of rotatable bonds is 3. The van der Waals surface area contributed by atoms with Crippen molar-refractivity contribution in [3.05, 3.63) is 71.8 Å². The predicted molar refractivity (Wildman–Crippen MR) is 100 cm³/mol. The van der Waals surface area contributed by atoms with Crippen molar-refractivity contribution in [1.29, 1.82) is 0 Å². The second-order valence-electron chi connectivity index (χ2n) is 7.37. The number of piperidine rings is 1. The Bertz CT molecular complexity index is 668. The lowest BCUT2D eigenvalue weighted by Crippen LogP contribution is -2.51. The van der Waals surface area contributed by atoms with Crippen LogP contribution in [0.25, 0.3) is 0 Å². The van der Waals surface area contributed by atoms with E-state index < -0.39 is 0 Å². The smallest absolute Gasteiger partial charge is 0.227 e. The third kappa shape index (κ3) is 3.09. The van der Waals surface area contributed by atoms with E-state index in [9.17, 15) is 4.79 Å². The Kier molecular flexibility index (Phi) is 4.58. The maximum absolute atomic E-state index is 13.0. The van der Waals surface area contributed by atoms with Crippen LogP contribution in [0.5, 0.6) is 0 Å². The molecule has 25 heavy (non-hydrogen) atoms. The van der Waals surface area contributed by atoms with E-state index in [0.29, 0.717) is 5.91 Å². The first kappa shape index (κ1) is 16.3. The van der Waals surface area contributed by atoms with Crippen LogP contribution in [0.3, 0.4) is 0 Å². The van der Waals surface area contributed by atoms with Gasteiger partial charge in [0.25, 0.3) is 0 Å². The molecular formula is C22H26N2O. The molecule has 3 nitrogen and oxygen atoms in total. The fourth-order valence-electron chi connectivity index (χ4n) is 4.52. The zero-order valence-electron chi connectivity index (χ0n) is 14.7. The van der Waals surface area contributed by atoms with E-state index in [1.807, 2.05) is 0 Å². The Morgan fingerprint density at radius 3 is 2.20 bits per heavy atom. The summed E-state index contributed by atoms with van der Waals surface area (Å²) >= 11 is 0. The van der Waals surface area contributed by atoms with Crippen LogP contribution in [0.1, 0.15) is 30.4 Å². The Morgan fingerprint density at radius 2 is 1.64 bits per heavy atom. The van der Waals surface area contributed by atoms with Crippen molar-refractivity contribution < 1.29 is 4.79 Å². The van der Waals surface area contributed by atoms with E-state index in [-0.39, 0.29) is 11.3 Å². The van der Waals surface area contributed by atoms with Crippen LogP contribution in [0.2, 0.25) is 0 Å². The maximum Gasteiger partial charge on any atom is 0.227 e. The molecule has 3 heteroatoms. The van der Waals surface area contributed by atoms with Crippen LogP contribution in [-0.2, 0) is 10.2 Å². The molecule has 0 saturated carbocycles. The summed E-state index contributed by atoms with van der Waals surface area (Å²) in [5, 5.41) is 3.33. The number of carbonyl (C=O) groups is 1. The van der Waals surface area contributed by atoms with Gasteiger partial charge in [-0.1, -0.05) is 60.7 Å². The molecule has 2 aliphatic rings.